The normalized spacial score (nSPS) is 11.8. The van der Waals surface area contributed by atoms with Gasteiger partial charge in [0.2, 0.25) is 8.32 Å². The summed E-state index contributed by atoms with van der Waals surface area (Å²) in [5, 5.41) is 2.18. The van der Waals surface area contributed by atoms with Gasteiger partial charge in [-0.15, -0.1) is 0 Å². The largest absolute Gasteiger partial charge is 0.412 e. The van der Waals surface area contributed by atoms with Gasteiger partial charge in [-0.25, -0.2) is 0 Å². The van der Waals surface area contributed by atoms with Crippen LogP contribution in [-0.4, -0.2) is 14.9 Å². The molecule has 0 heterocycles. The van der Waals surface area contributed by atoms with Gasteiger partial charge in [-0.1, -0.05) is 50.9 Å². The van der Waals surface area contributed by atoms with Crippen molar-refractivity contribution in [2.45, 2.75) is 45.7 Å². The minimum Gasteiger partial charge on any atom is -0.412 e. The zero-order chi connectivity index (χ0) is 12.7. The highest BCUT2D eigenvalue weighted by Crippen LogP contribution is 2.19. The van der Waals surface area contributed by atoms with E-state index in [1.165, 1.54) is 11.6 Å². The van der Waals surface area contributed by atoms with Crippen LogP contribution >= 0.6 is 11.6 Å². The molecule has 1 rings (SSSR count). The van der Waals surface area contributed by atoms with E-state index in [4.69, 9.17) is 16.0 Å². The molecule has 1 nitrogen and oxygen atoms in total. The van der Waals surface area contributed by atoms with Crippen molar-refractivity contribution in [1.29, 1.82) is 0 Å². The monoisotopic (exact) mass is 270 g/mol. The Balaban J connectivity index is 2.85. The van der Waals surface area contributed by atoms with Gasteiger partial charge in [0.25, 0.3) is 0 Å². The minimum absolute atomic E-state index is 0.803. The van der Waals surface area contributed by atoms with Crippen molar-refractivity contribution in [3.05, 3.63) is 29.3 Å². The second-order valence-electron chi connectivity index (χ2n) is 4.41. The average Bonchev–Trinajstić information content (AvgIpc) is 2.37. The Hall–Kier alpha value is -0.313. The number of halogens is 1. The number of benzene rings is 1. The molecule has 0 N–H and O–H groups in total. The van der Waals surface area contributed by atoms with Crippen LogP contribution in [0.5, 0.6) is 0 Å². The van der Waals surface area contributed by atoms with Crippen LogP contribution in [0.25, 0.3) is 0 Å². The molecule has 96 valence electrons. The zero-order valence-electron chi connectivity index (χ0n) is 11.1. The molecule has 0 fully saturated rings. The Labute approximate surface area is 111 Å². The summed E-state index contributed by atoms with van der Waals surface area (Å²) in [7, 11) is -1.74. The van der Waals surface area contributed by atoms with Crippen LogP contribution in [0, 0.1) is 0 Å². The predicted octanol–water partition coefficient (Wildman–Crippen LogP) is 4.35. The molecule has 0 aliphatic carbocycles. The Bertz CT molecular complexity index is 319. The molecular weight excluding hydrogens is 248 g/mol. The lowest BCUT2D eigenvalue weighted by atomic mass is 10.4. The van der Waals surface area contributed by atoms with Crippen LogP contribution in [0.15, 0.2) is 24.3 Å². The highest BCUT2D eigenvalue weighted by molar-refractivity contribution is 6.86. The molecule has 0 saturated heterocycles. The maximum Gasteiger partial charge on any atom is 0.223 e. The molecule has 0 radical (unpaired) electrons. The molecule has 0 aliphatic heterocycles. The quantitative estimate of drug-likeness (QED) is 0.529. The fraction of sp³-hybridized carbons (Fsp3) is 0.571. The summed E-state index contributed by atoms with van der Waals surface area (Å²) in [6.45, 7) is 7.59. The molecule has 0 saturated carbocycles. The van der Waals surface area contributed by atoms with E-state index < -0.39 is 8.32 Å². The lowest BCUT2D eigenvalue weighted by Gasteiger charge is -2.30. The maximum absolute atomic E-state index is 6.29. The fourth-order valence-electron chi connectivity index (χ4n) is 2.11. The number of rotatable bonds is 7. The van der Waals surface area contributed by atoms with Gasteiger partial charge in [0.15, 0.2) is 0 Å². The van der Waals surface area contributed by atoms with E-state index in [-0.39, 0.29) is 0 Å². The summed E-state index contributed by atoms with van der Waals surface area (Å²) >= 11 is 5.95. The maximum atomic E-state index is 6.29. The zero-order valence-corrected chi connectivity index (χ0v) is 12.9. The summed E-state index contributed by atoms with van der Waals surface area (Å²) in [6, 6.07) is 10.5. The van der Waals surface area contributed by atoms with E-state index >= 15 is 0 Å². The van der Waals surface area contributed by atoms with E-state index in [0.29, 0.717) is 0 Å². The minimum atomic E-state index is -1.74. The Kier molecular flexibility index (Phi) is 6.24. The first-order valence-corrected chi connectivity index (χ1v) is 9.28. The van der Waals surface area contributed by atoms with Crippen LogP contribution in [0.2, 0.25) is 17.1 Å². The molecule has 0 unspecified atom stereocenters. The third-order valence-corrected chi connectivity index (χ3v) is 8.07. The molecule has 0 bridgehead atoms. The number of unbranched alkanes of at least 4 members (excludes halogenated alkanes) is 1. The predicted molar refractivity (Wildman–Crippen MR) is 78.7 cm³/mol. The number of hydrogen-bond donors (Lipinski definition) is 0. The first kappa shape index (κ1) is 14.7. The second-order valence-corrected chi connectivity index (χ2v) is 9.12. The molecule has 0 amide bonds. The van der Waals surface area contributed by atoms with Crippen LogP contribution in [0.1, 0.15) is 33.6 Å². The molecule has 0 spiro atoms. The average molecular weight is 271 g/mol. The topological polar surface area (TPSA) is 9.23 Å². The Morgan fingerprint density at radius 3 is 2.12 bits per heavy atom. The molecule has 0 aliphatic rings. The molecule has 3 heteroatoms. The van der Waals surface area contributed by atoms with Crippen molar-refractivity contribution in [2.24, 2.45) is 0 Å². The second kappa shape index (κ2) is 7.19. The van der Waals surface area contributed by atoms with E-state index in [0.717, 1.165) is 30.1 Å². The molecule has 1 aromatic carbocycles. The van der Waals surface area contributed by atoms with Crippen molar-refractivity contribution >= 4 is 25.1 Å². The molecular formula is C14H23ClOSi. The standard InChI is InChI=1S/C14H23ClOSi/c1-4-7-12-16-17(5-2,6-3)14-10-8-13(15)9-11-14/h8-11H,4-7,12H2,1-3H3. The van der Waals surface area contributed by atoms with Gasteiger partial charge in [0, 0.05) is 11.6 Å². The Morgan fingerprint density at radius 1 is 1.06 bits per heavy atom. The molecule has 0 atom stereocenters. The third kappa shape index (κ3) is 3.83. The van der Waals surface area contributed by atoms with E-state index in [9.17, 15) is 0 Å². The fourth-order valence-corrected chi connectivity index (χ4v) is 5.44. The molecule has 0 aromatic heterocycles. The van der Waals surface area contributed by atoms with Gasteiger partial charge in [0.1, 0.15) is 0 Å². The van der Waals surface area contributed by atoms with Crippen LogP contribution < -0.4 is 5.19 Å². The molecule has 17 heavy (non-hydrogen) atoms. The third-order valence-electron chi connectivity index (χ3n) is 3.39. The lowest BCUT2D eigenvalue weighted by Crippen LogP contribution is -2.49. The first-order chi connectivity index (χ1) is 8.18. The van der Waals surface area contributed by atoms with Crippen molar-refractivity contribution in [3.8, 4) is 0 Å². The molecule has 1 aromatic rings. The van der Waals surface area contributed by atoms with Crippen molar-refractivity contribution < 1.29 is 4.43 Å². The summed E-state index contributed by atoms with van der Waals surface area (Å²) in [4.78, 5) is 0. The van der Waals surface area contributed by atoms with E-state index in [1.54, 1.807) is 0 Å². The van der Waals surface area contributed by atoms with Gasteiger partial charge in [0.05, 0.1) is 0 Å². The summed E-state index contributed by atoms with van der Waals surface area (Å²) < 4.78 is 6.29. The van der Waals surface area contributed by atoms with Crippen LogP contribution in [0.4, 0.5) is 0 Å². The van der Waals surface area contributed by atoms with Crippen molar-refractivity contribution in [3.63, 3.8) is 0 Å². The van der Waals surface area contributed by atoms with Crippen LogP contribution in [0.3, 0.4) is 0 Å². The van der Waals surface area contributed by atoms with Gasteiger partial charge >= 0.3 is 0 Å². The first-order valence-electron chi connectivity index (χ1n) is 6.58. The van der Waals surface area contributed by atoms with Crippen molar-refractivity contribution in [1.82, 2.24) is 0 Å². The highest BCUT2D eigenvalue weighted by Gasteiger charge is 2.33. The Morgan fingerprint density at radius 2 is 1.65 bits per heavy atom. The van der Waals surface area contributed by atoms with Gasteiger partial charge in [-0.3, -0.25) is 0 Å². The van der Waals surface area contributed by atoms with Crippen LogP contribution in [-0.2, 0) is 4.43 Å². The summed E-state index contributed by atoms with van der Waals surface area (Å²) in [5.41, 5.74) is 0. The summed E-state index contributed by atoms with van der Waals surface area (Å²) in [6.07, 6.45) is 2.35. The number of hydrogen-bond acceptors (Lipinski definition) is 1. The van der Waals surface area contributed by atoms with Crippen molar-refractivity contribution in [2.75, 3.05) is 6.61 Å². The van der Waals surface area contributed by atoms with Gasteiger partial charge in [-0.05, 0) is 35.8 Å². The highest BCUT2D eigenvalue weighted by atomic mass is 35.5. The van der Waals surface area contributed by atoms with E-state index in [1.807, 2.05) is 12.1 Å². The SMILES string of the molecule is CCCCO[Si](CC)(CC)c1ccc(Cl)cc1. The smallest absolute Gasteiger partial charge is 0.223 e. The van der Waals surface area contributed by atoms with Gasteiger partial charge in [-0.2, -0.15) is 0 Å². The summed E-state index contributed by atoms with van der Waals surface area (Å²) in [5.74, 6) is 0. The van der Waals surface area contributed by atoms with Gasteiger partial charge < -0.3 is 4.43 Å². The van der Waals surface area contributed by atoms with E-state index in [2.05, 4.69) is 32.9 Å². The lowest BCUT2D eigenvalue weighted by molar-refractivity contribution is 0.300.